The highest BCUT2D eigenvalue weighted by molar-refractivity contribution is 4.89. The quantitative estimate of drug-likeness (QED) is 0.606. The molecular weight excluding hydrogens is 136 g/mol. The summed E-state index contributed by atoms with van der Waals surface area (Å²) in [4.78, 5) is 2.64. The largest absolute Gasteiger partial charge is 0.330 e. The van der Waals surface area contributed by atoms with E-state index in [9.17, 15) is 0 Å². The predicted octanol–water partition coefficient (Wildman–Crippen LogP) is 0.819. The SMILES string of the molecule is NCC1CCN2CCCC[C@H]12. The number of piperidine rings is 1. The van der Waals surface area contributed by atoms with E-state index in [1.165, 1.54) is 38.8 Å². The molecule has 0 aliphatic carbocycles. The number of nitrogens with zero attached hydrogens (tertiary/aromatic N) is 1. The van der Waals surface area contributed by atoms with E-state index in [1.54, 1.807) is 0 Å². The highest BCUT2D eigenvalue weighted by atomic mass is 15.2. The Balaban J connectivity index is 1.98. The van der Waals surface area contributed by atoms with Crippen LogP contribution in [-0.4, -0.2) is 30.6 Å². The third-order valence-electron chi connectivity index (χ3n) is 3.30. The first-order valence-corrected chi connectivity index (χ1v) is 4.86. The number of fused-ring (bicyclic) bond motifs is 1. The molecule has 0 amide bonds. The van der Waals surface area contributed by atoms with E-state index in [2.05, 4.69) is 4.90 Å². The topological polar surface area (TPSA) is 29.3 Å². The number of hydrogen-bond acceptors (Lipinski definition) is 2. The Labute approximate surface area is 68.7 Å². The molecule has 64 valence electrons. The first-order chi connectivity index (χ1) is 5.42. The Hall–Kier alpha value is -0.0800. The first kappa shape index (κ1) is 7.56. The van der Waals surface area contributed by atoms with Crippen molar-refractivity contribution >= 4 is 0 Å². The van der Waals surface area contributed by atoms with Crippen molar-refractivity contribution in [2.75, 3.05) is 19.6 Å². The van der Waals surface area contributed by atoms with Gasteiger partial charge >= 0.3 is 0 Å². The highest BCUT2D eigenvalue weighted by Crippen LogP contribution is 2.30. The van der Waals surface area contributed by atoms with E-state index in [-0.39, 0.29) is 0 Å². The van der Waals surface area contributed by atoms with Crippen LogP contribution in [0.15, 0.2) is 0 Å². The molecule has 2 fully saturated rings. The van der Waals surface area contributed by atoms with Crippen LogP contribution in [0.2, 0.25) is 0 Å². The summed E-state index contributed by atoms with van der Waals surface area (Å²) in [5, 5.41) is 0. The molecule has 11 heavy (non-hydrogen) atoms. The molecule has 2 aliphatic heterocycles. The van der Waals surface area contributed by atoms with Gasteiger partial charge in [-0.15, -0.1) is 0 Å². The molecule has 0 radical (unpaired) electrons. The number of nitrogens with two attached hydrogens (primary N) is 1. The van der Waals surface area contributed by atoms with E-state index in [0.29, 0.717) is 0 Å². The Morgan fingerprint density at radius 2 is 2.09 bits per heavy atom. The van der Waals surface area contributed by atoms with Gasteiger partial charge < -0.3 is 10.6 Å². The summed E-state index contributed by atoms with van der Waals surface area (Å²) in [6, 6.07) is 0.855. The van der Waals surface area contributed by atoms with E-state index >= 15 is 0 Å². The molecule has 0 aromatic heterocycles. The molecule has 2 heterocycles. The lowest BCUT2D eigenvalue weighted by Gasteiger charge is -2.31. The normalized spacial score (nSPS) is 39.0. The van der Waals surface area contributed by atoms with Crippen molar-refractivity contribution in [3.05, 3.63) is 0 Å². The summed E-state index contributed by atoms with van der Waals surface area (Å²) in [6.45, 7) is 3.55. The molecule has 2 N–H and O–H groups in total. The molecule has 2 rings (SSSR count). The van der Waals surface area contributed by atoms with Gasteiger partial charge in [-0.2, -0.15) is 0 Å². The number of hydrogen-bond donors (Lipinski definition) is 1. The zero-order valence-corrected chi connectivity index (χ0v) is 7.13. The van der Waals surface area contributed by atoms with Gasteiger partial charge in [0.25, 0.3) is 0 Å². The fraction of sp³-hybridized carbons (Fsp3) is 1.00. The average molecular weight is 154 g/mol. The van der Waals surface area contributed by atoms with Gasteiger partial charge in [-0.05, 0) is 44.8 Å². The van der Waals surface area contributed by atoms with Crippen molar-refractivity contribution in [1.82, 2.24) is 4.90 Å². The van der Waals surface area contributed by atoms with Crippen LogP contribution in [0, 0.1) is 5.92 Å². The predicted molar refractivity (Wildman–Crippen MR) is 46.4 cm³/mol. The average Bonchev–Trinajstić information content (AvgIpc) is 2.47. The van der Waals surface area contributed by atoms with E-state index < -0.39 is 0 Å². The monoisotopic (exact) mass is 154 g/mol. The van der Waals surface area contributed by atoms with Gasteiger partial charge in [-0.1, -0.05) is 6.42 Å². The summed E-state index contributed by atoms with van der Waals surface area (Å²) < 4.78 is 0. The summed E-state index contributed by atoms with van der Waals surface area (Å²) in [7, 11) is 0. The highest BCUT2D eigenvalue weighted by Gasteiger charge is 2.34. The zero-order chi connectivity index (χ0) is 7.68. The number of rotatable bonds is 1. The molecule has 1 unspecified atom stereocenters. The molecule has 2 heteroatoms. The van der Waals surface area contributed by atoms with Gasteiger partial charge in [0.1, 0.15) is 0 Å². The lowest BCUT2D eigenvalue weighted by atomic mass is 9.93. The van der Waals surface area contributed by atoms with E-state index in [1.807, 2.05) is 0 Å². The van der Waals surface area contributed by atoms with E-state index in [4.69, 9.17) is 5.73 Å². The molecule has 0 spiro atoms. The van der Waals surface area contributed by atoms with Crippen molar-refractivity contribution in [2.24, 2.45) is 11.7 Å². The first-order valence-electron chi connectivity index (χ1n) is 4.86. The lowest BCUT2D eigenvalue weighted by molar-refractivity contribution is 0.174. The Kier molecular flexibility index (Phi) is 2.14. The minimum absolute atomic E-state index is 0.815. The Bertz CT molecular complexity index is 130. The van der Waals surface area contributed by atoms with Crippen molar-refractivity contribution in [3.63, 3.8) is 0 Å². The van der Waals surface area contributed by atoms with Crippen LogP contribution in [-0.2, 0) is 0 Å². The second-order valence-corrected chi connectivity index (χ2v) is 3.88. The van der Waals surface area contributed by atoms with Gasteiger partial charge in [0.15, 0.2) is 0 Å². The third kappa shape index (κ3) is 1.30. The molecule has 2 saturated heterocycles. The summed E-state index contributed by atoms with van der Waals surface area (Å²) in [5.41, 5.74) is 5.71. The molecule has 2 atom stereocenters. The maximum atomic E-state index is 5.71. The van der Waals surface area contributed by atoms with Crippen LogP contribution < -0.4 is 5.73 Å². The Morgan fingerprint density at radius 3 is 2.91 bits per heavy atom. The van der Waals surface area contributed by atoms with Crippen molar-refractivity contribution in [1.29, 1.82) is 0 Å². The summed E-state index contributed by atoms with van der Waals surface area (Å²) in [5.74, 6) is 0.815. The minimum atomic E-state index is 0.815. The van der Waals surface area contributed by atoms with Gasteiger partial charge in [0, 0.05) is 6.04 Å². The molecule has 0 aromatic carbocycles. The second kappa shape index (κ2) is 3.11. The van der Waals surface area contributed by atoms with Gasteiger partial charge in [-0.3, -0.25) is 0 Å². The summed E-state index contributed by atoms with van der Waals surface area (Å²) >= 11 is 0. The molecule has 2 aliphatic rings. The molecule has 0 saturated carbocycles. The fourth-order valence-electron chi connectivity index (χ4n) is 2.63. The van der Waals surface area contributed by atoms with Crippen LogP contribution in [0.5, 0.6) is 0 Å². The van der Waals surface area contributed by atoms with Crippen molar-refractivity contribution < 1.29 is 0 Å². The molecule has 0 aromatic rings. The maximum absolute atomic E-state index is 5.71. The summed E-state index contributed by atoms with van der Waals surface area (Å²) in [6.07, 6.45) is 5.59. The molecular formula is C9H18N2. The van der Waals surface area contributed by atoms with Gasteiger partial charge in [-0.25, -0.2) is 0 Å². The van der Waals surface area contributed by atoms with E-state index in [0.717, 1.165) is 18.5 Å². The molecule has 0 bridgehead atoms. The standard InChI is InChI=1S/C9H18N2/c10-7-8-4-6-11-5-2-1-3-9(8)11/h8-9H,1-7,10H2/t8?,9-/m1/s1. The minimum Gasteiger partial charge on any atom is -0.330 e. The third-order valence-corrected chi connectivity index (χ3v) is 3.30. The van der Waals surface area contributed by atoms with Crippen LogP contribution in [0.1, 0.15) is 25.7 Å². The lowest BCUT2D eigenvalue weighted by Crippen LogP contribution is -2.38. The Morgan fingerprint density at radius 1 is 1.18 bits per heavy atom. The van der Waals surface area contributed by atoms with Crippen LogP contribution in [0.4, 0.5) is 0 Å². The zero-order valence-electron chi connectivity index (χ0n) is 7.13. The van der Waals surface area contributed by atoms with Gasteiger partial charge in [0.05, 0.1) is 0 Å². The van der Waals surface area contributed by atoms with Crippen LogP contribution in [0.25, 0.3) is 0 Å². The second-order valence-electron chi connectivity index (χ2n) is 3.88. The fourth-order valence-corrected chi connectivity index (χ4v) is 2.63. The maximum Gasteiger partial charge on any atom is 0.0136 e. The van der Waals surface area contributed by atoms with Crippen molar-refractivity contribution in [2.45, 2.75) is 31.7 Å². The molecule has 2 nitrogen and oxygen atoms in total. The van der Waals surface area contributed by atoms with Gasteiger partial charge in [0.2, 0.25) is 0 Å². The smallest absolute Gasteiger partial charge is 0.0136 e. The van der Waals surface area contributed by atoms with Crippen LogP contribution >= 0.6 is 0 Å². The van der Waals surface area contributed by atoms with Crippen molar-refractivity contribution in [3.8, 4) is 0 Å². The van der Waals surface area contributed by atoms with Crippen LogP contribution in [0.3, 0.4) is 0 Å².